The first-order valence-electron chi connectivity index (χ1n) is 9.71. The van der Waals surface area contributed by atoms with Gasteiger partial charge in [0.1, 0.15) is 5.15 Å². The molecule has 1 aliphatic heterocycles. The van der Waals surface area contributed by atoms with E-state index in [0.29, 0.717) is 17.2 Å². The molecule has 2 atom stereocenters. The van der Waals surface area contributed by atoms with Gasteiger partial charge in [0.25, 0.3) is 0 Å². The topological polar surface area (TPSA) is 64.9 Å². The molecule has 2 aromatic heterocycles. The Morgan fingerprint density at radius 3 is 2.81 bits per heavy atom. The Morgan fingerprint density at radius 2 is 2.07 bits per heavy atom. The number of piperidine rings is 1. The van der Waals surface area contributed by atoms with Crippen molar-refractivity contribution in [2.24, 2.45) is 0 Å². The molecule has 0 amide bonds. The quantitative estimate of drug-likeness (QED) is 0.418. The monoisotopic (exact) mass is 385 g/mol. The molecule has 0 saturated carbocycles. The summed E-state index contributed by atoms with van der Waals surface area (Å²) >= 11 is 5.97. The van der Waals surface area contributed by atoms with Crippen molar-refractivity contribution in [1.29, 1.82) is 5.41 Å². The highest BCUT2D eigenvalue weighted by Crippen LogP contribution is 2.22. The first-order valence-corrected chi connectivity index (χ1v) is 10.1. The molecule has 2 aromatic rings. The molecule has 27 heavy (non-hydrogen) atoms. The van der Waals surface area contributed by atoms with E-state index in [1.807, 2.05) is 18.3 Å². The van der Waals surface area contributed by atoms with Gasteiger partial charge in [-0.25, -0.2) is 4.98 Å². The number of hydrogen-bond donors (Lipinski definition) is 2. The smallest absolute Gasteiger partial charge is 0.129 e. The summed E-state index contributed by atoms with van der Waals surface area (Å²) in [6.45, 7) is 6.67. The first kappa shape index (κ1) is 19.8. The van der Waals surface area contributed by atoms with Crippen molar-refractivity contribution in [3.05, 3.63) is 41.3 Å². The maximum Gasteiger partial charge on any atom is 0.129 e. The number of likely N-dealkylation sites (tertiary alicyclic amines) is 1. The number of aromatic nitrogens is 2. The van der Waals surface area contributed by atoms with E-state index in [4.69, 9.17) is 17.0 Å². The zero-order valence-electron chi connectivity index (χ0n) is 16.1. The number of pyridine rings is 2. The molecule has 1 saturated heterocycles. The summed E-state index contributed by atoms with van der Waals surface area (Å²) < 4.78 is 0. The van der Waals surface area contributed by atoms with Crippen molar-refractivity contribution < 1.29 is 0 Å². The van der Waals surface area contributed by atoms with Crippen molar-refractivity contribution in [3.63, 3.8) is 0 Å². The lowest BCUT2D eigenvalue weighted by molar-refractivity contribution is 0.102. The molecule has 1 aliphatic rings. The van der Waals surface area contributed by atoms with Crippen molar-refractivity contribution >= 4 is 34.4 Å². The van der Waals surface area contributed by atoms with Crippen LogP contribution in [0, 0.1) is 5.41 Å². The van der Waals surface area contributed by atoms with E-state index < -0.39 is 0 Å². The standard InChI is InChI=1S/C21H28ClN5/c1-15-5-3-6-16(2)27(15)10-4-9-24-13-18(12-23)17-11-20-19(25-14-17)7-8-21(22)26-20/h7-8,11-16,23-24H,3-6,9-10H2,1-2H3/b18-13+,23-12?/t15-,16+. The second kappa shape index (κ2) is 9.29. The Morgan fingerprint density at radius 1 is 1.30 bits per heavy atom. The lowest BCUT2D eigenvalue weighted by atomic mass is 9.97. The Labute approximate surface area is 166 Å². The van der Waals surface area contributed by atoms with Crippen molar-refractivity contribution in [1.82, 2.24) is 20.2 Å². The van der Waals surface area contributed by atoms with E-state index in [1.165, 1.54) is 25.5 Å². The third-order valence-corrected chi connectivity index (χ3v) is 5.57. The normalized spacial score (nSPS) is 21.4. The Hall–Kier alpha value is -1.98. The SMILES string of the molecule is C[C@@H]1CCC[C@H](C)N1CCCN/C=C(\C=N)c1cnc2ccc(Cl)nc2c1. The highest BCUT2D eigenvalue weighted by molar-refractivity contribution is 6.29. The number of nitrogens with zero attached hydrogens (tertiary/aromatic N) is 3. The van der Waals surface area contributed by atoms with Crippen LogP contribution in [0.1, 0.15) is 45.1 Å². The zero-order chi connectivity index (χ0) is 19.2. The summed E-state index contributed by atoms with van der Waals surface area (Å²) in [6, 6.07) is 6.87. The number of hydrogen-bond acceptors (Lipinski definition) is 5. The van der Waals surface area contributed by atoms with Crippen molar-refractivity contribution in [3.8, 4) is 0 Å². The summed E-state index contributed by atoms with van der Waals surface area (Å²) in [5.41, 5.74) is 3.18. The molecule has 5 nitrogen and oxygen atoms in total. The number of rotatable bonds is 7. The van der Waals surface area contributed by atoms with Crippen molar-refractivity contribution in [2.75, 3.05) is 13.1 Å². The maximum absolute atomic E-state index is 7.73. The zero-order valence-corrected chi connectivity index (χ0v) is 16.8. The third-order valence-electron chi connectivity index (χ3n) is 5.36. The van der Waals surface area contributed by atoms with E-state index in [9.17, 15) is 0 Å². The summed E-state index contributed by atoms with van der Waals surface area (Å²) in [7, 11) is 0. The molecule has 0 aromatic carbocycles. The van der Waals surface area contributed by atoms with E-state index in [-0.39, 0.29) is 0 Å². The van der Waals surface area contributed by atoms with Crippen LogP contribution >= 0.6 is 11.6 Å². The Kier molecular flexibility index (Phi) is 6.80. The first-order chi connectivity index (χ1) is 13.1. The van der Waals surface area contributed by atoms with E-state index in [0.717, 1.165) is 41.7 Å². The van der Waals surface area contributed by atoms with Gasteiger partial charge in [0.15, 0.2) is 0 Å². The highest BCUT2D eigenvalue weighted by Gasteiger charge is 2.23. The van der Waals surface area contributed by atoms with Crippen LogP contribution in [0.15, 0.2) is 30.6 Å². The fourth-order valence-corrected chi connectivity index (χ4v) is 3.96. The average molecular weight is 386 g/mol. The van der Waals surface area contributed by atoms with Gasteiger partial charge >= 0.3 is 0 Å². The fraction of sp³-hybridized carbons (Fsp3) is 0.476. The molecule has 3 rings (SSSR count). The minimum Gasteiger partial charge on any atom is -0.390 e. The van der Waals surface area contributed by atoms with E-state index in [2.05, 4.69) is 34.0 Å². The van der Waals surface area contributed by atoms with Crippen LogP contribution in [0.25, 0.3) is 16.6 Å². The molecule has 3 heterocycles. The van der Waals surface area contributed by atoms with Gasteiger partial charge in [-0.3, -0.25) is 9.88 Å². The number of nitrogens with one attached hydrogen (secondary N) is 2. The predicted molar refractivity (Wildman–Crippen MR) is 113 cm³/mol. The molecular formula is C21H28ClN5. The molecule has 144 valence electrons. The highest BCUT2D eigenvalue weighted by atomic mass is 35.5. The molecular weight excluding hydrogens is 358 g/mol. The van der Waals surface area contributed by atoms with Crippen molar-refractivity contribution in [2.45, 2.75) is 51.6 Å². The summed E-state index contributed by atoms with van der Waals surface area (Å²) in [6.07, 6.45) is 10.1. The molecule has 0 bridgehead atoms. The maximum atomic E-state index is 7.73. The second-order valence-electron chi connectivity index (χ2n) is 7.31. The molecule has 1 fully saturated rings. The van der Waals surface area contributed by atoms with Gasteiger partial charge in [-0.05, 0) is 51.3 Å². The van der Waals surface area contributed by atoms with Crippen LogP contribution < -0.4 is 5.32 Å². The number of halogens is 1. The van der Waals surface area contributed by atoms with Crippen LogP contribution in [-0.2, 0) is 0 Å². The van der Waals surface area contributed by atoms with Crippen LogP contribution in [0.5, 0.6) is 0 Å². The van der Waals surface area contributed by atoms with E-state index in [1.54, 1.807) is 12.3 Å². The molecule has 6 heteroatoms. The van der Waals surface area contributed by atoms with Gasteiger partial charge < -0.3 is 10.7 Å². The molecule has 0 spiro atoms. The molecule has 0 radical (unpaired) electrons. The summed E-state index contributed by atoms with van der Waals surface area (Å²) in [4.78, 5) is 11.3. The minimum atomic E-state index is 0.445. The van der Waals surface area contributed by atoms with Crippen LogP contribution in [-0.4, -0.2) is 46.3 Å². The van der Waals surface area contributed by atoms with Gasteiger partial charge in [-0.1, -0.05) is 18.0 Å². The lowest BCUT2D eigenvalue weighted by Gasteiger charge is -2.39. The van der Waals surface area contributed by atoms with E-state index >= 15 is 0 Å². The summed E-state index contributed by atoms with van der Waals surface area (Å²) in [5.74, 6) is 0. The average Bonchev–Trinajstić information content (AvgIpc) is 2.66. The Bertz CT molecular complexity index is 809. The van der Waals surface area contributed by atoms with Gasteiger partial charge in [0.05, 0.1) is 11.0 Å². The molecule has 0 unspecified atom stereocenters. The number of fused-ring (bicyclic) bond motifs is 1. The van der Waals surface area contributed by atoms with Gasteiger partial charge in [-0.2, -0.15) is 0 Å². The van der Waals surface area contributed by atoms with Crippen LogP contribution in [0.4, 0.5) is 0 Å². The van der Waals surface area contributed by atoms with Gasteiger partial charge in [-0.15, -0.1) is 0 Å². The van der Waals surface area contributed by atoms with Crippen LogP contribution in [0.3, 0.4) is 0 Å². The largest absolute Gasteiger partial charge is 0.390 e. The molecule has 2 N–H and O–H groups in total. The predicted octanol–water partition coefficient (Wildman–Crippen LogP) is 4.52. The van der Waals surface area contributed by atoms with Gasteiger partial charge in [0, 0.05) is 54.9 Å². The minimum absolute atomic E-state index is 0.445. The second-order valence-corrected chi connectivity index (χ2v) is 7.70. The summed E-state index contributed by atoms with van der Waals surface area (Å²) in [5, 5.41) is 11.5. The lowest BCUT2D eigenvalue weighted by Crippen LogP contribution is -2.44. The molecule has 0 aliphatic carbocycles. The third kappa shape index (κ3) is 5.05. The fourth-order valence-electron chi connectivity index (χ4n) is 3.81. The van der Waals surface area contributed by atoms with Gasteiger partial charge in [0.2, 0.25) is 0 Å². The number of allylic oxidation sites excluding steroid dienone is 1. The van der Waals surface area contributed by atoms with Crippen LogP contribution in [0.2, 0.25) is 5.15 Å². The Balaban J connectivity index is 1.57.